The van der Waals surface area contributed by atoms with Crippen molar-refractivity contribution in [1.82, 2.24) is 5.32 Å². The summed E-state index contributed by atoms with van der Waals surface area (Å²) in [6.07, 6.45) is 3.53. The smallest absolute Gasteiger partial charge is 0.307 e. The summed E-state index contributed by atoms with van der Waals surface area (Å²) < 4.78 is 5.60. The lowest BCUT2D eigenvalue weighted by Gasteiger charge is -2.32. The van der Waals surface area contributed by atoms with Crippen molar-refractivity contribution in [3.63, 3.8) is 0 Å². The summed E-state index contributed by atoms with van der Waals surface area (Å²) in [5.74, 6) is -0.722. The molecular formula is C18H22N2O4. The van der Waals surface area contributed by atoms with E-state index in [2.05, 4.69) is 11.4 Å². The number of hydrogen-bond donors (Lipinski definition) is 2. The van der Waals surface area contributed by atoms with Gasteiger partial charge >= 0.3 is 5.97 Å². The highest BCUT2D eigenvalue weighted by atomic mass is 16.5. The summed E-state index contributed by atoms with van der Waals surface area (Å²) >= 11 is 0. The number of rotatable bonds is 6. The van der Waals surface area contributed by atoms with Crippen molar-refractivity contribution >= 4 is 11.9 Å². The van der Waals surface area contributed by atoms with Crippen molar-refractivity contribution in [3.8, 4) is 11.8 Å². The fourth-order valence-corrected chi connectivity index (χ4v) is 2.88. The van der Waals surface area contributed by atoms with E-state index < -0.39 is 17.6 Å². The molecule has 1 amide bonds. The normalized spacial score (nSPS) is 17.3. The van der Waals surface area contributed by atoms with Crippen LogP contribution in [-0.2, 0) is 16.0 Å². The van der Waals surface area contributed by atoms with Crippen LogP contribution >= 0.6 is 0 Å². The van der Waals surface area contributed by atoms with E-state index in [4.69, 9.17) is 9.84 Å². The van der Waals surface area contributed by atoms with E-state index in [1.165, 1.54) is 0 Å². The molecule has 6 heteroatoms. The molecular weight excluding hydrogens is 308 g/mol. The van der Waals surface area contributed by atoms with Gasteiger partial charge < -0.3 is 15.2 Å². The maximum Gasteiger partial charge on any atom is 0.307 e. The van der Waals surface area contributed by atoms with Gasteiger partial charge in [-0.05, 0) is 37.5 Å². The molecule has 1 atom stereocenters. The van der Waals surface area contributed by atoms with Gasteiger partial charge in [0, 0.05) is 0 Å². The number of carbonyl (C=O) groups excluding carboxylic acids is 1. The third-order valence-corrected chi connectivity index (χ3v) is 4.24. The highest BCUT2D eigenvalue weighted by Gasteiger charge is 2.35. The van der Waals surface area contributed by atoms with Crippen molar-refractivity contribution in [3.05, 3.63) is 29.8 Å². The monoisotopic (exact) mass is 330 g/mol. The Morgan fingerprint density at radius 1 is 1.29 bits per heavy atom. The third-order valence-electron chi connectivity index (χ3n) is 4.24. The van der Waals surface area contributed by atoms with Gasteiger partial charge in [0.25, 0.3) is 5.91 Å². The minimum Gasteiger partial charge on any atom is -0.481 e. The molecule has 128 valence electrons. The molecule has 0 heterocycles. The zero-order valence-corrected chi connectivity index (χ0v) is 13.7. The lowest BCUT2D eigenvalue weighted by atomic mass is 9.83. The Labute approximate surface area is 141 Å². The van der Waals surface area contributed by atoms with E-state index in [1.54, 1.807) is 31.2 Å². The number of carboxylic acids is 1. The molecule has 1 saturated carbocycles. The van der Waals surface area contributed by atoms with Gasteiger partial charge in [-0.2, -0.15) is 5.26 Å². The molecule has 0 aliphatic heterocycles. The van der Waals surface area contributed by atoms with Crippen molar-refractivity contribution < 1.29 is 19.4 Å². The topological polar surface area (TPSA) is 99.4 Å². The van der Waals surface area contributed by atoms with Crippen LogP contribution in [0.15, 0.2) is 24.3 Å². The summed E-state index contributed by atoms with van der Waals surface area (Å²) in [5, 5.41) is 21.0. The first-order valence-corrected chi connectivity index (χ1v) is 8.15. The van der Waals surface area contributed by atoms with Crippen molar-refractivity contribution in [1.29, 1.82) is 5.26 Å². The van der Waals surface area contributed by atoms with Gasteiger partial charge in [-0.25, -0.2) is 0 Å². The van der Waals surface area contributed by atoms with Gasteiger partial charge in [0.2, 0.25) is 0 Å². The van der Waals surface area contributed by atoms with E-state index in [-0.39, 0.29) is 12.3 Å². The molecule has 0 aromatic heterocycles. The number of ether oxygens (including phenoxy) is 1. The Hall–Kier alpha value is -2.55. The second-order valence-electron chi connectivity index (χ2n) is 6.22. The fourth-order valence-electron chi connectivity index (χ4n) is 2.88. The molecule has 1 aliphatic carbocycles. The number of nitrogens with zero attached hydrogens (tertiary/aromatic N) is 1. The summed E-state index contributed by atoms with van der Waals surface area (Å²) in [6.45, 7) is 1.63. The van der Waals surface area contributed by atoms with Crippen LogP contribution in [0, 0.1) is 11.3 Å². The summed E-state index contributed by atoms with van der Waals surface area (Å²) in [6, 6.07) is 8.85. The number of benzene rings is 1. The van der Waals surface area contributed by atoms with Gasteiger partial charge in [-0.15, -0.1) is 0 Å². The first-order chi connectivity index (χ1) is 11.4. The molecule has 1 aromatic rings. The Bertz CT molecular complexity index is 627. The van der Waals surface area contributed by atoms with E-state index >= 15 is 0 Å². The average molecular weight is 330 g/mol. The van der Waals surface area contributed by atoms with E-state index in [1.807, 2.05) is 0 Å². The van der Waals surface area contributed by atoms with Gasteiger partial charge in [-0.1, -0.05) is 31.4 Å². The SMILES string of the molecule is C[C@H](Oc1ccc(CC(=O)O)cc1)C(=O)NC1(C#N)CCCCC1. The average Bonchev–Trinajstić information content (AvgIpc) is 2.57. The number of amides is 1. The van der Waals surface area contributed by atoms with Gasteiger partial charge in [0.15, 0.2) is 6.10 Å². The lowest BCUT2D eigenvalue weighted by Crippen LogP contribution is -2.52. The molecule has 24 heavy (non-hydrogen) atoms. The Balaban J connectivity index is 1.93. The Morgan fingerprint density at radius 2 is 1.92 bits per heavy atom. The van der Waals surface area contributed by atoms with Gasteiger partial charge in [-0.3, -0.25) is 9.59 Å². The van der Waals surface area contributed by atoms with Crippen LogP contribution in [0.1, 0.15) is 44.6 Å². The van der Waals surface area contributed by atoms with Crippen molar-refractivity contribution in [2.75, 3.05) is 0 Å². The molecule has 1 fully saturated rings. The second-order valence-corrected chi connectivity index (χ2v) is 6.22. The molecule has 0 spiro atoms. The van der Waals surface area contributed by atoms with Crippen LogP contribution in [0.3, 0.4) is 0 Å². The Kier molecular flexibility index (Phi) is 5.80. The molecule has 2 N–H and O–H groups in total. The number of hydrogen-bond acceptors (Lipinski definition) is 4. The highest BCUT2D eigenvalue weighted by Crippen LogP contribution is 2.27. The molecule has 0 unspecified atom stereocenters. The summed E-state index contributed by atoms with van der Waals surface area (Å²) in [7, 11) is 0. The summed E-state index contributed by atoms with van der Waals surface area (Å²) in [5.41, 5.74) is -0.115. The van der Waals surface area contributed by atoms with Crippen molar-refractivity contribution in [2.24, 2.45) is 0 Å². The number of nitriles is 1. The maximum absolute atomic E-state index is 12.3. The molecule has 2 rings (SSSR count). The predicted molar refractivity (Wildman–Crippen MR) is 87.4 cm³/mol. The molecule has 6 nitrogen and oxygen atoms in total. The number of carbonyl (C=O) groups is 2. The van der Waals surface area contributed by atoms with Crippen LogP contribution in [0.4, 0.5) is 0 Å². The number of nitrogens with one attached hydrogen (secondary N) is 1. The molecule has 1 aromatic carbocycles. The summed E-state index contributed by atoms with van der Waals surface area (Å²) in [4.78, 5) is 23.0. The molecule has 1 aliphatic rings. The first-order valence-electron chi connectivity index (χ1n) is 8.15. The fraction of sp³-hybridized carbons (Fsp3) is 0.500. The van der Waals surface area contributed by atoms with Crippen LogP contribution in [-0.4, -0.2) is 28.6 Å². The van der Waals surface area contributed by atoms with E-state index in [9.17, 15) is 14.9 Å². The van der Waals surface area contributed by atoms with Crippen LogP contribution in [0.2, 0.25) is 0 Å². The Morgan fingerprint density at radius 3 is 2.46 bits per heavy atom. The second kappa shape index (κ2) is 7.82. The number of aliphatic carboxylic acids is 1. The predicted octanol–water partition coefficient (Wildman–Crippen LogP) is 2.42. The maximum atomic E-state index is 12.3. The number of carboxylic acid groups (broad SMARTS) is 1. The zero-order chi connectivity index (χ0) is 17.6. The van der Waals surface area contributed by atoms with E-state index in [0.29, 0.717) is 24.2 Å². The van der Waals surface area contributed by atoms with Gasteiger partial charge in [0.1, 0.15) is 11.3 Å². The first kappa shape index (κ1) is 17.8. The minimum absolute atomic E-state index is 0.0546. The standard InChI is InChI=1S/C18H22N2O4/c1-13(17(23)20-18(12-19)9-3-2-4-10-18)24-15-7-5-14(6-8-15)11-16(21)22/h5-8,13H,2-4,9-11H2,1H3,(H,20,23)(H,21,22)/t13-/m0/s1. The molecule has 0 saturated heterocycles. The zero-order valence-electron chi connectivity index (χ0n) is 13.7. The van der Waals surface area contributed by atoms with Crippen molar-refractivity contribution in [2.45, 2.75) is 57.1 Å². The lowest BCUT2D eigenvalue weighted by molar-refractivity contribution is -0.136. The van der Waals surface area contributed by atoms with Crippen LogP contribution < -0.4 is 10.1 Å². The quantitative estimate of drug-likeness (QED) is 0.834. The highest BCUT2D eigenvalue weighted by molar-refractivity contribution is 5.82. The van der Waals surface area contributed by atoms with Gasteiger partial charge in [0.05, 0.1) is 12.5 Å². The van der Waals surface area contributed by atoms with Crippen LogP contribution in [0.5, 0.6) is 5.75 Å². The molecule has 0 radical (unpaired) electrons. The third kappa shape index (κ3) is 4.72. The van der Waals surface area contributed by atoms with E-state index in [0.717, 1.165) is 19.3 Å². The molecule has 0 bridgehead atoms. The largest absolute Gasteiger partial charge is 0.481 e. The minimum atomic E-state index is -0.898. The van der Waals surface area contributed by atoms with Crippen LogP contribution in [0.25, 0.3) is 0 Å².